The maximum Gasteiger partial charge on any atom is 0.194 e. The molecular formula is C20H25N5O. The van der Waals surface area contributed by atoms with Crippen LogP contribution in [0, 0.1) is 0 Å². The minimum atomic E-state index is 0.513. The maximum atomic E-state index is 5.89. The van der Waals surface area contributed by atoms with Gasteiger partial charge in [-0.25, -0.2) is 4.99 Å². The van der Waals surface area contributed by atoms with Crippen LogP contribution in [0.25, 0.3) is 11.0 Å². The van der Waals surface area contributed by atoms with Gasteiger partial charge in [0.1, 0.15) is 17.9 Å². The maximum absolute atomic E-state index is 5.89. The minimum absolute atomic E-state index is 0.513. The molecule has 0 spiro atoms. The van der Waals surface area contributed by atoms with Gasteiger partial charge in [0.05, 0.1) is 6.20 Å². The monoisotopic (exact) mass is 351 g/mol. The molecule has 1 fully saturated rings. The van der Waals surface area contributed by atoms with E-state index >= 15 is 0 Å². The number of nitrogens with zero attached hydrogens (tertiary/aromatic N) is 4. The molecule has 1 saturated heterocycles. The van der Waals surface area contributed by atoms with Gasteiger partial charge in [0, 0.05) is 44.2 Å². The molecule has 26 heavy (non-hydrogen) atoms. The second-order valence-corrected chi connectivity index (χ2v) is 6.80. The molecular weight excluding hydrogens is 326 g/mol. The summed E-state index contributed by atoms with van der Waals surface area (Å²) in [4.78, 5) is 7.15. The van der Waals surface area contributed by atoms with Crippen molar-refractivity contribution in [3.63, 3.8) is 0 Å². The van der Waals surface area contributed by atoms with E-state index in [4.69, 9.17) is 9.41 Å². The highest BCUT2D eigenvalue weighted by atomic mass is 16.3. The van der Waals surface area contributed by atoms with Crippen molar-refractivity contribution < 1.29 is 4.42 Å². The largest absolute Gasteiger partial charge is 0.459 e. The quantitative estimate of drug-likeness (QED) is 0.580. The van der Waals surface area contributed by atoms with Crippen LogP contribution in [0.4, 0.5) is 0 Å². The third-order valence-electron chi connectivity index (χ3n) is 4.88. The van der Waals surface area contributed by atoms with Gasteiger partial charge in [-0.05, 0) is 31.0 Å². The molecule has 0 radical (unpaired) electrons. The predicted molar refractivity (Wildman–Crippen MR) is 103 cm³/mol. The number of aromatic nitrogens is 2. The zero-order valence-corrected chi connectivity index (χ0v) is 15.4. The van der Waals surface area contributed by atoms with Gasteiger partial charge in [-0.3, -0.25) is 4.68 Å². The molecule has 1 aromatic carbocycles. The van der Waals surface area contributed by atoms with Crippen molar-refractivity contribution in [2.75, 3.05) is 19.6 Å². The zero-order valence-electron chi connectivity index (χ0n) is 15.4. The second-order valence-electron chi connectivity index (χ2n) is 6.80. The van der Waals surface area contributed by atoms with Crippen LogP contribution >= 0.6 is 0 Å². The molecule has 1 aliphatic heterocycles. The molecule has 0 amide bonds. The third-order valence-corrected chi connectivity index (χ3v) is 4.88. The number of guanidine groups is 1. The lowest BCUT2D eigenvalue weighted by Gasteiger charge is -2.21. The number of aryl methyl sites for hydroxylation is 1. The van der Waals surface area contributed by atoms with Crippen molar-refractivity contribution in [2.24, 2.45) is 12.0 Å². The van der Waals surface area contributed by atoms with Gasteiger partial charge >= 0.3 is 0 Å². The fraction of sp³-hybridized carbons (Fsp3) is 0.400. The fourth-order valence-electron chi connectivity index (χ4n) is 3.57. The van der Waals surface area contributed by atoms with Crippen molar-refractivity contribution in [2.45, 2.75) is 25.8 Å². The Bertz CT molecular complexity index is 877. The van der Waals surface area contributed by atoms with E-state index in [0.717, 1.165) is 48.7 Å². The van der Waals surface area contributed by atoms with Gasteiger partial charge in [-0.1, -0.05) is 18.2 Å². The van der Waals surface area contributed by atoms with E-state index in [-0.39, 0.29) is 0 Å². The van der Waals surface area contributed by atoms with Gasteiger partial charge in [0.2, 0.25) is 0 Å². The number of para-hydroxylation sites is 1. The average Bonchev–Trinajstić information content (AvgIpc) is 3.37. The van der Waals surface area contributed by atoms with Crippen LogP contribution in [-0.2, 0) is 13.6 Å². The van der Waals surface area contributed by atoms with Crippen LogP contribution < -0.4 is 5.32 Å². The molecule has 3 aromatic rings. The molecule has 1 atom stereocenters. The topological polar surface area (TPSA) is 58.6 Å². The molecule has 1 unspecified atom stereocenters. The highest BCUT2D eigenvalue weighted by Gasteiger charge is 2.26. The van der Waals surface area contributed by atoms with Crippen molar-refractivity contribution in [1.82, 2.24) is 20.0 Å². The molecule has 1 N–H and O–H groups in total. The van der Waals surface area contributed by atoms with E-state index < -0.39 is 0 Å². The van der Waals surface area contributed by atoms with E-state index in [1.807, 2.05) is 36.1 Å². The predicted octanol–water partition coefficient (Wildman–Crippen LogP) is 3.12. The van der Waals surface area contributed by atoms with Gasteiger partial charge in [-0.2, -0.15) is 5.10 Å². The number of aliphatic imine (C=N–C) groups is 1. The Morgan fingerprint density at radius 3 is 3.04 bits per heavy atom. The molecule has 2 aromatic heterocycles. The number of hydrogen-bond donors (Lipinski definition) is 1. The van der Waals surface area contributed by atoms with Gasteiger partial charge in [0.15, 0.2) is 5.96 Å². The Hall–Kier alpha value is -2.76. The number of nitrogens with one attached hydrogen (secondary N) is 1. The molecule has 4 rings (SSSR count). The minimum Gasteiger partial charge on any atom is -0.459 e. The summed E-state index contributed by atoms with van der Waals surface area (Å²) in [5.74, 6) is 2.36. The van der Waals surface area contributed by atoms with Crippen molar-refractivity contribution in [3.05, 3.63) is 54.0 Å². The van der Waals surface area contributed by atoms with E-state index in [9.17, 15) is 0 Å². The van der Waals surface area contributed by atoms with Crippen LogP contribution in [0.15, 0.2) is 52.1 Å². The van der Waals surface area contributed by atoms with E-state index in [1.54, 1.807) is 0 Å². The molecule has 6 heteroatoms. The summed E-state index contributed by atoms with van der Waals surface area (Å²) < 4.78 is 7.76. The Balaban J connectivity index is 1.47. The number of likely N-dealkylation sites (tertiary alicyclic amines) is 1. The van der Waals surface area contributed by atoms with Gasteiger partial charge in [0.25, 0.3) is 0 Å². The van der Waals surface area contributed by atoms with E-state index in [0.29, 0.717) is 12.5 Å². The molecule has 0 bridgehead atoms. The summed E-state index contributed by atoms with van der Waals surface area (Å²) in [5.41, 5.74) is 2.23. The zero-order chi connectivity index (χ0) is 17.9. The Labute approximate surface area is 153 Å². The lowest BCUT2D eigenvalue weighted by molar-refractivity contribution is 0.481. The first kappa shape index (κ1) is 16.7. The van der Waals surface area contributed by atoms with Crippen molar-refractivity contribution in [1.29, 1.82) is 0 Å². The number of benzene rings is 1. The average molecular weight is 351 g/mol. The van der Waals surface area contributed by atoms with Crippen LogP contribution in [-0.4, -0.2) is 40.3 Å². The van der Waals surface area contributed by atoms with Crippen molar-refractivity contribution in [3.8, 4) is 0 Å². The third kappa shape index (κ3) is 3.45. The highest BCUT2D eigenvalue weighted by Crippen LogP contribution is 2.27. The molecule has 1 aliphatic rings. The van der Waals surface area contributed by atoms with Crippen LogP contribution in [0.5, 0.6) is 0 Å². The van der Waals surface area contributed by atoms with Gasteiger partial charge < -0.3 is 14.6 Å². The molecule has 6 nitrogen and oxygen atoms in total. The molecule has 136 valence electrons. The Morgan fingerprint density at radius 1 is 1.38 bits per heavy atom. The van der Waals surface area contributed by atoms with Crippen LogP contribution in [0.3, 0.4) is 0 Å². The first-order valence-electron chi connectivity index (χ1n) is 9.22. The smallest absolute Gasteiger partial charge is 0.194 e. The Kier molecular flexibility index (Phi) is 4.65. The summed E-state index contributed by atoms with van der Waals surface area (Å²) in [6, 6.07) is 10.2. The summed E-state index contributed by atoms with van der Waals surface area (Å²) in [6.45, 7) is 5.48. The normalized spacial score (nSPS) is 18.0. The summed E-state index contributed by atoms with van der Waals surface area (Å²) >= 11 is 0. The molecule has 3 heterocycles. The number of hydrogen-bond acceptors (Lipinski definition) is 3. The highest BCUT2D eigenvalue weighted by molar-refractivity contribution is 5.81. The lowest BCUT2D eigenvalue weighted by atomic mass is 10.0. The lowest BCUT2D eigenvalue weighted by Crippen LogP contribution is -2.39. The first-order valence-corrected chi connectivity index (χ1v) is 9.22. The van der Waals surface area contributed by atoms with E-state index in [2.05, 4.69) is 40.6 Å². The summed E-state index contributed by atoms with van der Waals surface area (Å²) in [5, 5.41) is 8.85. The van der Waals surface area contributed by atoms with Crippen LogP contribution in [0.2, 0.25) is 0 Å². The van der Waals surface area contributed by atoms with E-state index in [1.165, 1.54) is 5.56 Å². The fourth-order valence-corrected chi connectivity index (χ4v) is 3.57. The SMILES string of the molecule is CCNC(=NCc1cc2ccccc2o1)N1CCC(c2cnn(C)c2)C1. The summed E-state index contributed by atoms with van der Waals surface area (Å²) in [7, 11) is 1.97. The Morgan fingerprint density at radius 2 is 2.27 bits per heavy atom. The first-order chi connectivity index (χ1) is 12.7. The second kappa shape index (κ2) is 7.23. The standard InChI is InChI=1S/C20H25N5O/c1-3-21-20(22-12-18-10-15-6-4-5-7-19(15)26-18)25-9-8-16(14-25)17-11-23-24(2)13-17/h4-7,10-11,13,16H,3,8-9,12,14H2,1-2H3,(H,21,22). The number of rotatable bonds is 4. The molecule has 0 saturated carbocycles. The number of fused-ring (bicyclic) bond motifs is 1. The van der Waals surface area contributed by atoms with Gasteiger partial charge in [-0.15, -0.1) is 0 Å². The number of furan rings is 1. The summed E-state index contributed by atoms with van der Waals surface area (Å²) in [6.07, 6.45) is 5.22. The molecule has 0 aliphatic carbocycles. The van der Waals surface area contributed by atoms with Crippen molar-refractivity contribution >= 4 is 16.9 Å². The van der Waals surface area contributed by atoms with Crippen LogP contribution in [0.1, 0.15) is 30.6 Å².